The summed E-state index contributed by atoms with van der Waals surface area (Å²) in [5, 5.41) is 30.0. The van der Waals surface area contributed by atoms with Crippen molar-refractivity contribution >= 4 is 5.78 Å². The number of hydrogen-bond donors (Lipinski definition) is 3. The van der Waals surface area contributed by atoms with Crippen LogP contribution >= 0.6 is 0 Å². The molecule has 0 spiro atoms. The van der Waals surface area contributed by atoms with E-state index in [2.05, 4.69) is 19.9 Å². The van der Waals surface area contributed by atoms with Crippen LogP contribution in [0.3, 0.4) is 0 Å². The molecule has 0 radical (unpaired) electrons. The molecule has 2 fully saturated rings. The van der Waals surface area contributed by atoms with Crippen LogP contribution in [0.2, 0.25) is 0 Å². The number of carbonyl (C=O) groups excluding carboxylic acids is 1. The Morgan fingerprint density at radius 2 is 2.03 bits per heavy atom. The lowest BCUT2D eigenvalue weighted by Gasteiger charge is -2.46. The van der Waals surface area contributed by atoms with E-state index < -0.39 is 18.3 Å². The molecule has 8 atom stereocenters. The molecule has 4 aliphatic rings. The second-order valence-corrected chi connectivity index (χ2v) is 10.3. The Bertz CT molecular complexity index is 761. The number of aliphatic hydroxyl groups excluding tert-OH is 3. The minimum absolute atomic E-state index is 0.0665. The van der Waals surface area contributed by atoms with Gasteiger partial charge in [-0.05, 0) is 82.1 Å². The van der Waals surface area contributed by atoms with Gasteiger partial charge >= 0.3 is 0 Å². The molecule has 160 valence electrons. The van der Waals surface area contributed by atoms with Crippen molar-refractivity contribution in [1.82, 2.24) is 0 Å². The zero-order valence-corrected chi connectivity index (χ0v) is 18.0. The Labute approximate surface area is 174 Å². The van der Waals surface area contributed by atoms with Crippen molar-refractivity contribution in [2.45, 2.75) is 84.0 Å². The third-order valence-electron chi connectivity index (χ3n) is 8.44. The maximum atomic E-state index is 13.0. The van der Waals surface area contributed by atoms with Crippen molar-refractivity contribution in [1.29, 1.82) is 0 Å². The molecule has 0 aromatic carbocycles. The predicted molar refractivity (Wildman–Crippen MR) is 113 cm³/mol. The Kier molecular flexibility index (Phi) is 5.65. The molecule has 4 aliphatic carbocycles. The van der Waals surface area contributed by atoms with Crippen molar-refractivity contribution in [2.75, 3.05) is 0 Å². The summed E-state index contributed by atoms with van der Waals surface area (Å²) in [5.41, 5.74) is 3.97. The summed E-state index contributed by atoms with van der Waals surface area (Å²) < 4.78 is 0. The first-order chi connectivity index (χ1) is 13.7. The summed E-state index contributed by atoms with van der Waals surface area (Å²) in [6.07, 6.45) is 10.4. The lowest BCUT2D eigenvalue weighted by molar-refractivity contribution is -0.119. The van der Waals surface area contributed by atoms with Gasteiger partial charge < -0.3 is 15.3 Å². The van der Waals surface area contributed by atoms with Gasteiger partial charge in [0.1, 0.15) is 0 Å². The van der Waals surface area contributed by atoms with E-state index in [1.54, 1.807) is 6.92 Å². The highest BCUT2D eigenvalue weighted by molar-refractivity contribution is 5.93. The van der Waals surface area contributed by atoms with Crippen LogP contribution in [-0.2, 0) is 4.79 Å². The Morgan fingerprint density at radius 3 is 2.76 bits per heavy atom. The van der Waals surface area contributed by atoms with Gasteiger partial charge in [-0.2, -0.15) is 0 Å². The van der Waals surface area contributed by atoms with Gasteiger partial charge in [0, 0.05) is 11.8 Å². The smallest absolute Gasteiger partial charge is 0.159 e. The minimum Gasteiger partial charge on any atom is -0.393 e. The van der Waals surface area contributed by atoms with Crippen LogP contribution in [0.4, 0.5) is 0 Å². The number of hydrogen-bond acceptors (Lipinski definition) is 4. The molecule has 0 unspecified atom stereocenters. The van der Waals surface area contributed by atoms with Gasteiger partial charge in [-0.25, -0.2) is 0 Å². The zero-order valence-electron chi connectivity index (χ0n) is 18.0. The van der Waals surface area contributed by atoms with Gasteiger partial charge in [0.05, 0.1) is 18.3 Å². The quantitative estimate of drug-likeness (QED) is 0.631. The number of ketones is 1. The zero-order chi connectivity index (χ0) is 20.9. The molecule has 0 saturated heterocycles. The summed E-state index contributed by atoms with van der Waals surface area (Å²) in [4.78, 5) is 13.0. The van der Waals surface area contributed by atoms with E-state index in [1.165, 1.54) is 16.7 Å². The van der Waals surface area contributed by atoms with Crippen molar-refractivity contribution in [3.05, 3.63) is 34.9 Å². The molecule has 0 aromatic rings. The summed E-state index contributed by atoms with van der Waals surface area (Å²) in [5.74, 6) is 1.27. The van der Waals surface area contributed by atoms with E-state index >= 15 is 0 Å². The molecular formula is C25H36O4. The number of rotatable bonds is 3. The molecule has 0 amide bonds. The molecule has 3 N–H and O–H groups in total. The van der Waals surface area contributed by atoms with Gasteiger partial charge in [0.2, 0.25) is 0 Å². The second kappa shape index (κ2) is 7.79. The largest absolute Gasteiger partial charge is 0.393 e. The summed E-state index contributed by atoms with van der Waals surface area (Å²) in [6.45, 7) is 6.07. The fourth-order valence-electron chi connectivity index (χ4n) is 6.82. The molecule has 0 heterocycles. The number of aliphatic hydroxyl groups is 3. The average Bonchev–Trinajstić information content (AvgIpc) is 2.80. The number of carbonyl (C=O) groups is 1. The Hall–Kier alpha value is -1.23. The van der Waals surface area contributed by atoms with Gasteiger partial charge in [-0.1, -0.05) is 35.8 Å². The van der Waals surface area contributed by atoms with Gasteiger partial charge in [-0.15, -0.1) is 0 Å². The van der Waals surface area contributed by atoms with Crippen LogP contribution in [0.1, 0.15) is 65.7 Å². The minimum atomic E-state index is -0.827. The molecular weight excluding hydrogens is 364 g/mol. The normalized spacial score (nSPS) is 42.1. The summed E-state index contributed by atoms with van der Waals surface area (Å²) >= 11 is 0. The molecule has 4 rings (SSSR count). The van der Waals surface area contributed by atoms with Gasteiger partial charge in [-0.3, -0.25) is 4.79 Å². The highest BCUT2D eigenvalue weighted by Gasteiger charge is 2.53. The van der Waals surface area contributed by atoms with E-state index in [0.29, 0.717) is 30.6 Å². The highest BCUT2D eigenvalue weighted by Crippen LogP contribution is 2.62. The maximum absolute atomic E-state index is 13.0. The predicted octanol–water partition coefficient (Wildman–Crippen LogP) is 3.71. The number of allylic oxidation sites excluding steroid dienone is 4. The monoisotopic (exact) mass is 400 g/mol. The van der Waals surface area contributed by atoms with Gasteiger partial charge in [0.25, 0.3) is 0 Å². The van der Waals surface area contributed by atoms with E-state index in [1.807, 2.05) is 12.2 Å². The maximum Gasteiger partial charge on any atom is 0.159 e. The van der Waals surface area contributed by atoms with E-state index in [9.17, 15) is 20.1 Å². The lowest BCUT2D eigenvalue weighted by Crippen LogP contribution is -2.37. The van der Waals surface area contributed by atoms with Crippen molar-refractivity contribution in [2.24, 2.45) is 29.1 Å². The highest BCUT2D eigenvalue weighted by atomic mass is 16.3. The standard InChI is InChI=1S/C25H36O4/c1-14(10-23(28)15(2)26)21-6-7-22-20-13-24(29)17-11-16(4-5-18(27)12-17)19(20)8-9-25(21,22)3/h4,10,13,15,17-19,21-23,26-28H,5-9,11-12H2,1-3H3/b14-10+/t15-,17-,18+,19+,21+,22-,23-,25+/m0/s1. The lowest BCUT2D eigenvalue weighted by atomic mass is 9.58. The summed E-state index contributed by atoms with van der Waals surface area (Å²) in [7, 11) is 0. The molecule has 29 heavy (non-hydrogen) atoms. The van der Waals surface area contributed by atoms with Crippen LogP contribution < -0.4 is 0 Å². The first-order valence-electron chi connectivity index (χ1n) is 11.4. The summed E-state index contributed by atoms with van der Waals surface area (Å²) in [6, 6.07) is 0. The molecule has 0 aliphatic heterocycles. The average molecular weight is 401 g/mol. The van der Waals surface area contributed by atoms with Crippen molar-refractivity contribution in [3.8, 4) is 0 Å². The Morgan fingerprint density at radius 1 is 1.28 bits per heavy atom. The van der Waals surface area contributed by atoms with E-state index in [0.717, 1.165) is 32.1 Å². The fourth-order valence-corrected chi connectivity index (χ4v) is 6.82. The third-order valence-corrected chi connectivity index (χ3v) is 8.44. The van der Waals surface area contributed by atoms with E-state index in [4.69, 9.17) is 0 Å². The van der Waals surface area contributed by atoms with Gasteiger partial charge in [0.15, 0.2) is 5.78 Å². The molecule has 4 nitrogen and oxygen atoms in total. The third kappa shape index (κ3) is 3.68. The topological polar surface area (TPSA) is 77.8 Å². The van der Waals surface area contributed by atoms with Crippen LogP contribution in [0.25, 0.3) is 0 Å². The van der Waals surface area contributed by atoms with Crippen LogP contribution in [0.5, 0.6) is 0 Å². The SMILES string of the molecule is C/C(=C\[C@H](O)[C@H](C)O)[C@H]1CC[C@H]2C3=CC(=O)[C@H]4CC(=CC[C@@H](O)C4)[C@H]3CC[C@]12C. The van der Waals surface area contributed by atoms with Crippen LogP contribution in [-0.4, -0.2) is 39.4 Å². The van der Waals surface area contributed by atoms with Crippen molar-refractivity contribution in [3.63, 3.8) is 0 Å². The van der Waals surface area contributed by atoms with Crippen LogP contribution in [0, 0.1) is 29.1 Å². The van der Waals surface area contributed by atoms with Crippen molar-refractivity contribution < 1.29 is 20.1 Å². The van der Waals surface area contributed by atoms with E-state index in [-0.39, 0.29) is 17.1 Å². The number of fused-ring (bicyclic) bond motifs is 6. The first-order valence-corrected chi connectivity index (χ1v) is 11.4. The first kappa shape index (κ1) is 21.0. The molecule has 4 heteroatoms. The molecule has 0 aromatic heterocycles. The molecule has 2 bridgehead atoms. The molecule has 2 saturated carbocycles. The second-order valence-electron chi connectivity index (χ2n) is 10.3. The fraction of sp³-hybridized carbons (Fsp3) is 0.720. The van der Waals surface area contributed by atoms with Crippen LogP contribution in [0.15, 0.2) is 34.9 Å². The Balaban J connectivity index is 1.66.